The Morgan fingerprint density at radius 3 is 2.47 bits per heavy atom. The van der Waals surface area contributed by atoms with E-state index < -0.39 is 24.3 Å². The van der Waals surface area contributed by atoms with Crippen molar-refractivity contribution in [3.8, 4) is 0 Å². The molecule has 0 heterocycles. The summed E-state index contributed by atoms with van der Waals surface area (Å²) in [7, 11) is 0. The van der Waals surface area contributed by atoms with Crippen molar-refractivity contribution in [3.05, 3.63) is 23.3 Å². The summed E-state index contributed by atoms with van der Waals surface area (Å²) in [5, 5.41) is 0. The molecule has 0 bridgehead atoms. The lowest BCUT2D eigenvalue weighted by Crippen LogP contribution is -2.26. The third-order valence-corrected chi connectivity index (χ3v) is 2.73. The summed E-state index contributed by atoms with van der Waals surface area (Å²) in [5.74, 6) is -2.62. The van der Waals surface area contributed by atoms with Crippen molar-refractivity contribution in [2.45, 2.75) is 26.4 Å². The molecule has 0 aromatic rings. The van der Waals surface area contributed by atoms with E-state index in [1.54, 1.807) is 13.8 Å². The van der Waals surface area contributed by atoms with E-state index in [9.17, 15) is 22.8 Å². The van der Waals surface area contributed by atoms with Gasteiger partial charge in [-0.05, 0) is 17.9 Å². The average Bonchev–Trinajstić information content (AvgIpc) is 2.25. The van der Waals surface area contributed by atoms with Crippen LogP contribution in [0.25, 0.3) is 0 Å². The summed E-state index contributed by atoms with van der Waals surface area (Å²) in [4.78, 5) is 21.8. The predicted molar refractivity (Wildman–Crippen MR) is 56.2 cm³/mol. The van der Waals surface area contributed by atoms with Crippen molar-refractivity contribution in [1.82, 2.24) is 0 Å². The largest absolute Gasteiger partial charge is 0.395 e. The van der Waals surface area contributed by atoms with Crippen LogP contribution >= 0.6 is 0 Å². The Balaban J connectivity index is 3.10. The number of Topliss-reactive ketones (excluding diaryl/α,β-unsaturated/α-hetero) is 1. The zero-order valence-corrected chi connectivity index (χ0v) is 9.54. The second-order valence-electron chi connectivity index (χ2n) is 4.28. The quantitative estimate of drug-likeness (QED) is 0.566. The second-order valence-corrected chi connectivity index (χ2v) is 4.28. The van der Waals surface area contributed by atoms with E-state index in [0.29, 0.717) is 5.57 Å². The maximum atomic E-state index is 12.5. The van der Waals surface area contributed by atoms with E-state index in [4.69, 9.17) is 0 Å². The van der Waals surface area contributed by atoms with Crippen LogP contribution < -0.4 is 0 Å². The highest BCUT2D eigenvalue weighted by Crippen LogP contribution is 2.37. The standard InChI is InChI=1S/C12H13F3O2/c1-7(2)9-4-3-8(12(13,14)15)5-10(9)11(17)6-16/h3-4,6-8H,5H2,1-2H3. The fourth-order valence-corrected chi connectivity index (χ4v) is 1.81. The van der Waals surface area contributed by atoms with Crippen molar-refractivity contribution in [2.75, 3.05) is 0 Å². The van der Waals surface area contributed by atoms with Crippen molar-refractivity contribution in [1.29, 1.82) is 0 Å². The minimum atomic E-state index is -4.38. The van der Waals surface area contributed by atoms with Gasteiger partial charge in [-0.3, -0.25) is 9.59 Å². The zero-order valence-electron chi connectivity index (χ0n) is 9.54. The highest BCUT2D eigenvalue weighted by atomic mass is 19.4. The Bertz CT molecular complexity index is 389. The first-order valence-corrected chi connectivity index (χ1v) is 5.24. The number of rotatable bonds is 3. The molecule has 1 unspecified atom stereocenters. The summed E-state index contributed by atoms with van der Waals surface area (Å²) in [5.41, 5.74) is 0.502. The van der Waals surface area contributed by atoms with Gasteiger partial charge in [0, 0.05) is 5.57 Å². The van der Waals surface area contributed by atoms with Crippen LogP contribution in [0, 0.1) is 11.8 Å². The van der Waals surface area contributed by atoms with Crippen LogP contribution in [0.1, 0.15) is 20.3 Å². The van der Waals surface area contributed by atoms with Crippen LogP contribution in [0.4, 0.5) is 13.2 Å². The number of hydrogen-bond donors (Lipinski definition) is 0. The predicted octanol–water partition coefficient (Wildman–Crippen LogP) is 2.85. The number of allylic oxidation sites excluding steroid dienone is 4. The first kappa shape index (κ1) is 13.7. The van der Waals surface area contributed by atoms with E-state index >= 15 is 0 Å². The monoisotopic (exact) mass is 246 g/mol. The summed E-state index contributed by atoms with van der Waals surface area (Å²) in [6.45, 7) is 3.54. The first-order valence-electron chi connectivity index (χ1n) is 5.24. The molecule has 2 nitrogen and oxygen atoms in total. The molecule has 0 aromatic carbocycles. The number of aldehydes is 1. The molecule has 94 valence electrons. The van der Waals surface area contributed by atoms with Crippen molar-refractivity contribution in [2.24, 2.45) is 11.8 Å². The molecule has 0 aromatic heterocycles. The van der Waals surface area contributed by atoms with Gasteiger partial charge in [0.1, 0.15) is 0 Å². The summed E-state index contributed by atoms with van der Waals surface area (Å²) in [6, 6.07) is 0. The third-order valence-electron chi connectivity index (χ3n) is 2.73. The summed E-state index contributed by atoms with van der Waals surface area (Å²) < 4.78 is 37.6. The lowest BCUT2D eigenvalue weighted by Gasteiger charge is -2.24. The molecule has 0 spiro atoms. The molecule has 17 heavy (non-hydrogen) atoms. The molecule has 1 atom stereocenters. The maximum Gasteiger partial charge on any atom is 0.395 e. The van der Waals surface area contributed by atoms with Gasteiger partial charge in [-0.2, -0.15) is 13.2 Å². The van der Waals surface area contributed by atoms with Crippen LogP contribution in [-0.2, 0) is 9.59 Å². The van der Waals surface area contributed by atoms with E-state index in [0.717, 1.165) is 6.08 Å². The fourth-order valence-electron chi connectivity index (χ4n) is 1.81. The van der Waals surface area contributed by atoms with Gasteiger partial charge < -0.3 is 0 Å². The van der Waals surface area contributed by atoms with Gasteiger partial charge in [0.15, 0.2) is 6.29 Å². The molecule has 0 radical (unpaired) electrons. The van der Waals surface area contributed by atoms with Crippen molar-refractivity contribution >= 4 is 12.1 Å². The first-order chi connectivity index (χ1) is 7.77. The fraction of sp³-hybridized carbons (Fsp3) is 0.500. The van der Waals surface area contributed by atoms with Crippen LogP contribution in [0.3, 0.4) is 0 Å². The van der Waals surface area contributed by atoms with Crippen molar-refractivity contribution in [3.63, 3.8) is 0 Å². The van der Waals surface area contributed by atoms with Crippen LogP contribution in [0.2, 0.25) is 0 Å². The molecule has 1 aliphatic carbocycles. The second kappa shape index (κ2) is 4.85. The smallest absolute Gasteiger partial charge is 0.294 e. The number of halogens is 3. The molecule has 5 heteroatoms. The number of hydrogen-bond acceptors (Lipinski definition) is 2. The van der Waals surface area contributed by atoms with Gasteiger partial charge in [0.05, 0.1) is 5.92 Å². The molecule has 0 saturated carbocycles. The van der Waals surface area contributed by atoms with Crippen LogP contribution in [0.15, 0.2) is 23.3 Å². The van der Waals surface area contributed by atoms with E-state index in [1.165, 1.54) is 6.08 Å². The molecule has 0 saturated heterocycles. The Morgan fingerprint density at radius 1 is 1.47 bits per heavy atom. The molecule has 1 aliphatic rings. The van der Waals surface area contributed by atoms with Gasteiger partial charge >= 0.3 is 6.18 Å². The summed E-state index contributed by atoms with van der Waals surface area (Å²) in [6.07, 6.45) is -2.39. The Morgan fingerprint density at radius 2 is 2.06 bits per heavy atom. The minimum absolute atomic E-state index is 0.0141. The van der Waals surface area contributed by atoms with Crippen molar-refractivity contribution < 1.29 is 22.8 Å². The molecule has 0 amide bonds. The molecular formula is C12H13F3O2. The van der Waals surface area contributed by atoms with E-state index in [2.05, 4.69) is 0 Å². The lowest BCUT2D eigenvalue weighted by molar-refractivity contribution is -0.161. The van der Waals surface area contributed by atoms with Gasteiger partial charge in [0.2, 0.25) is 5.78 Å². The summed E-state index contributed by atoms with van der Waals surface area (Å²) >= 11 is 0. The number of carbonyl (C=O) groups excluding carboxylic acids is 2. The molecule has 0 fully saturated rings. The SMILES string of the molecule is CC(C)C1=C(C(=O)C=O)CC(C(F)(F)F)C=C1. The number of carbonyl (C=O) groups is 2. The zero-order chi connectivity index (χ0) is 13.2. The Hall–Kier alpha value is -1.39. The highest BCUT2D eigenvalue weighted by Gasteiger charge is 2.40. The van der Waals surface area contributed by atoms with E-state index in [-0.39, 0.29) is 17.8 Å². The van der Waals surface area contributed by atoms with Gasteiger partial charge in [0.25, 0.3) is 0 Å². The van der Waals surface area contributed by atoms with E-state index in [1.807, 2.05) is 0 Å². The Kier molecular flexibility index (Phi) is 3.91. The third kappa shape index (κ3) is 3.05. The molecule has 0 N–H and O–H groups in total. The van der Waals surface area contributed by atoms with Crippen LogP contribution in [-0.4, -0.2) is 18.2 Å². The molecule has 0 aliphatic heterocycles. The minimum Gasteiger partial charge on any atom is -0.294 e. The maximum absolute atomic E-state index is 12.5. The number of alkyl halides is 3. The average molecular weight is 246 g/mol. The lowest BCUT2D eigenvalue weighted by atomic mass is 9.83. The number of ketones is 1. The van der Waals surface area contributed by atoms with Gasteiger partial charge in [-0.15, -0.1) is 0 Å². The van der Waals surface area contributed by atoms with Gasteiger partial charge in [-0.1, -0.05) is 26.0 Å². The Labute approximate surface area is 97.2 Å². The molecular weight excluding hydrogens is 233 g/mol. The van der Waals surface area contributed by atoms with Crippen LogP contribution in [0.5, 0.6) is 0 Å². The van der Waals surface area contributed by atoms with Gasteiger partial charge in [-0.25, -0.2) is 0 Å². The molecule has 1 rings (SSSR count). The topological polar surface area (TPSA) is 34.1 Å². The highest BCUT2D eigenvalue weighted by molar-refractivity contribution is 6.33. The normalized spacial score (nSPS) is 20.9.